The summed E-state index contributed by atoms with van der Waals surface area (Å²) in [6, 6.07) is 0. The van der Waals surface area contributed by atoms with Gasteiger partial charge in [0.05, 0.1) is 0 Å². The van der Waals surface area contributed by atoms with Gasteiger partial charge < -0.3 is 24.8 Å². The molecule has 0 N–H and O–H groups in total. The molecule has 1 radical (unpaired) electrons. The maximum Gasteiger partial charge on any atom is 3.00 e. The second kappa shape index (κ2) is 7.79. The Hall–Kier alpha value is 0.423. The summed E-state index contributed by atoms with van der Waals surface area (Å²) in [5.41, 5.74) is 2.71. The van der Waals surface area contributed by atoms with Gasteiger partial charge in [0, 0.05) is 0 Å². The van der Waals surface area contributed by atoms with Crippen molar-refractivity contribution in [3.63, 3.8) is 0 Å². The van der Waals surface area contributed by atoms with E-state index in [2.05, 4.69) is 30.4 Å². The topological polar surface area (TPSA) is 0 Å². The van der Waals surface area contributed by atoms with Gasteiger partial charge in [0.15, 0.2) is 0 Å². The van der Waals surface area contributed by atoms with Gasteiger partial charge in [-0.05, 0) is 6.42 Å². The summed E-state index contributed by atoms with van der Waals surface area (Å²) in [7, 11) is 0. The van der Waals surface area contributed by atoms with E-state index in [4.69, 9.17) is 0 Å². The van der Waals surface area contributed by atoms with Crippen LogP contribution < -0.4 is 24.8 Å². The second-order valence-electron chi connectivity index (χ2n) is 2.55. The van der Waals surface area contributed by atoms with Crippen LogP contribution in [0.2, 0.25) is 0 Å². The minimum absolute atomic E-state index is 0. The van der Waals surface area contributed by atoms with E-state index in [-0.39, 0.29) is 51.0 Å². The van der Waals surface area contributed by atoms with Crippen molar-refractivity contribution >= 4 is 0 Å². The molecular formula is C10H9Cl2Zr. The normalized spacial score (nSPS) is 16.6. The van der Waals surface area contributed by atoms with Crippen LogP contribution in [0.3, 0.4) is 0 Å². The predicted molar refractivity (Wildman–Crippen MR) is 42.4 cm³/mol. The van der Waals surface area contributed by atoms with Crippen LogP contribution in [0, 0.1) is 6.08 Å². The number of hydrogen-bond acceptors (Lipinski definition) is 0. The van der Waals surface area contributed by atoms with Gasteiger partial charge in [-0.25, -0.2) is 0 Å². The summed E-state index contributed by atoms with van der Waals surface area (Å²) in [6.45, 7) is 0. The average Bonchev–Trinajstić information content (AvgIpc) is 2.28. The third-order valence-corrected chi connectivity index (χ3v) is 1.85. The number of allylic oxidation sites excluding steroid dienone is 8. The first-order chi connectivity index (χ1) is 4.97. The monoisotopic (exact) mass is 289 g/mol. The molecule has 0 aliphatic heterocycles. The van der Waals surface area contributed by atoms with E-state index in [1.165, 1.54) is 24.0 Å². The van der Waals surface area contributed by atoms with Crippen LogP contribution >= 0.6 is 0 Å². The minimum Gasteiger partial charge on any atom is -1.00 e. The Bertz CT molecular complexity index is 262. The molecular weight excluding hydrogens is 282 g/mol. The molecule has 0 bridgehead atoms. The largest absolute Gasteiger partial charge is 3.00 e. The number of fused-ring (bicyclic) bond motifs is 1. The molecule has 0 aromatic carbocycles. The van der Waals surface area contributed by atoms with E-state index in [1.807, 2.05) is 6.08 Å². The van der Waals surface area contributed by atoms with E-state index in [0.717, 1.165) is 0 Å². The van der Waals surface area contributed by atoms with Crippen LogP contribution in [0.5, 0.6) is 0 Å². The molecule has 0 saturated carbocycles. The smallest absolute Gasteiger partial charge is 1.00 e. The molecule has 67 valence electrons. The predicted octanol–water partition coefficient (Wildman–Crippen LogP) is -3.43. The molecule has 2 aliphatic rings. The zero-order chi connectivity index (χ0) is 6.81. The quantitative estimate of drug-likeness (QED) is 0.408. The van der Waals surface area contributed by atoms with Crippen LogP contribution in [0.4, 0.5) is 0 Å². The Labute approximate surface area is 111 Å². The van der Waals surface area contributed by atoms with E-state index in [9.17, 15) is 0 Å². The van der Waals surface area contributed by atoms with E-state index in [1.54, 1.807) is 0 Å². The van der Waals surface area contributed by atoms with Crippen molar-refractivity contribution < 1.29 is 51.0 Å². The molecule has 0 spiro atoms. The minimum atomic E-state index is 0. The summed E-state index contributed by atoms with van der Waals surface area (Å²) >= 11 is 0. The Morgan fingerprint density at radius 2 is 1.92 bits per heavy atom. The first-order valence-electron chi connectivity index (χ1n) is 3.63. The van der Waals surface area contributed by atoms with Crippen molar-refractivity contribution in [2.45, 2.75) is 12.8 Å². The summed E-state index contributed by atoms with van der Waals surface area (Å²) in [5.74, 6) is 0. The Kier molecular flexibility index (Phi) is 9.52. The summed E-state index contributed by atoms with van der Waals surface area (Å²) in [6.07, 6.45) is 16.1. The molecule has 0 amide bonds. The van der Waals surface area contributed by atoms with Crippen LogP contribution in [0.25, 0.3) is 0 Å². The summed E-state index contributed by atoms with van der Waals surface area (Å²) in [4.78, 5) is 0. The van der Waals surface area contributed by atoms with Crippen LogP contribution in [-0.2, 0) is 26.2 Å². The molecule has 0 nitrogen and oxygen atoms in total. The standard InChI is InChI=1S/C10H9.2ClH.Zr/c1-2-5-9-7-4-8-10(9)6-3-1;;;/h1-2,4-5,8H,3,6H2;2*1H;/q-1;;;+3/p-2. The maximum atomic E-state index is 3.19. The molecule has 0 atom stereocenters. The molecule has 0 heterocycles. The Balaban J connectivity index is 0. The van der Waals surface area contributed by atoms with Gasteiger partial charge in [-0.1, -0.05) is 12.5 Å². The summed E-state index contributed by atoms with van der Waals surface area (Å²) < 4.78 is 0. The van der Waals surface area contributed by atoms with Crippen molar-refractivity contribution in [2.75, 3.05) is 0 Å². The van der Waals surface area contributed by atoms with Crippen LogP contribution in [-0.4, -0.2) is 0 Å². The third-order valence-electron chi connectivity index (χ3n) is 1.85. The van der Waals surface area contributed by atoms with Crippen molar-refractivity contribution in [1.82, 2.24) is 0 Å². The van der Waals surface area contributed by atoms with Gasteiger partial charge in [-0.3, -0.25) is 0 Å². The molecule has 0 fully saturated rings. The van der Waals surface area contributed by atoms with Crippen molar-refractivity contribution in [3.05, 3.63) is 47.6 Å². The van der Waals surface area contributed by atoms with E-state index in [0.29, 0.717) is 0 Å². The van der Waals surface area contributed by atoms with Gasteiger partial charge in [0.25, 0.3) is 0 Å². The molecule has 2 aliphatic carbocycles. The van der Waals surface area contributed by atoms with Crippen molar-refractivity contribution in [1.29, 1.82) is 0 Å². The van der Waals surface area contributed by atoms with Gasteiger partial charge in [-0.15, -0.1) is 18.2 Å². The summed E-state index contributed by atoms with van der Waals surface area (Å²) in [5, 5.41) is 0. The fourth-order valence-electron chi connectivity index (χ4n) is 1.29. The van der Waals surface area contributed by atoms with E-state index < -0.39 is 0 Å². The number of hydrogen-bond donors (Lipinski definition) is 0. The molecule has 3 heteroatoms. The average molecular weight is 291 g/mol. The zero-order valence-corrected chi connectivity index (χ0v) is 11.0. The van der Waals surface area contributed by atoms with Crippen molar-refractivity contribution in [2.24, 2.45) is 0 Å². The fraction of sp³-hybridized carbons (Fsp3) is 0.200. The van der Waals surface area contributed by atoms with Gasteiger partial charge in [-0.2, -0.15) is 23.3 Å². The van der Waals surface area contributed by atoms with E-state index >= 15 is 0 Å². The van der Waals surface area contributed by atoms with Gasteiger partial charge in [0.1, 0.15) is 0 Å². The van der Waals surface area contributed by atoms with Crippen LogP contribution in [0.1, 0.15) is 12.8 Å². The third kappa shape index (κ3) is 3.98. The molecule has 0 saturated heterocycles. The number of halogens is 2. The first-order valence-corrected chi connectivity index (χ1v) is 3.63. The fourth-order valence-corrected chi connectivity index (χ4v) is 1.29. The molecule has 2 rings (SSSR count). The Morgan fingerprint density at radius 3 is 2.69 bits per heavy atom. The first kappa shape index (κ1) is 15.9. The van der Waals surface area contributed by atoms with Crippen LogP contribution in [0.15, 0.2) is 41.5 Å². The maximum absolute atomic E-state index is 3.19. The molecule has 0 unspecified atom stereocenters. The molecule has 0 aromatic heterocycles. The second-order valence-corrected chi connectivity index (χ2v) is 2.55. The number of rotatable bonds is 0. The van der Waals surface area contributed by atoms with Gasteiger partial charge >= 0.3 is 26.2 Å². The van der Waals surface area contributed by atoms with Gasteiger partial charge in [0.2, 0.25) is 0 Å². The Morgan fingerprint density at radius 1 is 1.15 bits per heavy atom. The van der Waals surface area contributed by atoms with Crippen molar-refractivity contribution in [3.8, 4) is 0 Å². The molecule has 13 heavy (non-hydrogen) atoms. The zero-order valence-electron chi connectivity index (χ0n) is 7.06. The molecule has 0 aromatic rings. The SMILES string of the molecule is [C-]1=CC=C2CCC=CC=C12.[Cl-].[Cl-].[Zr+3].